The lowest BCUT2D eigenvalue weighted by molar-refractivity contribution is 0.259. The lowest BCUT2D eigenvalue weighted by atomic mass is 9.81. The summed E-state index contributed by atoms with van der Waals surface area (Å²) < 4.78 is 0. The molecule has 26 heavy (non-hydrogen) atoms. The molecule has 5 fully saturated rings. The van der Waals surface area contributed by atoms with E-state index in [9.17, 15) is 0 Å². The third-order valence-electron chi connectivity index (χ3n) is 10.7. The van der Waals surface area contributed by atoms with Crippen LogP contribution in [0.3, 0.4) is 0 Å². The second-order valence-corrected chi connectivity index (χ2v) is 16.5. The Kier molecular flexibility index (Phi) is 5.31. The fourth-order valence-corrected chi connectivity index (χ4v) is 17.3. The summed E-state index contributed by atoms with van der Waals surface area (Å²) in [5.74, 6) is 4.69. The minimum atomic E-state index is -1.20. The minimum absolute atomic E-state index is 1.16. The third-order valence-corrected chi connectivity index (χ3v) is 17.7. The van der Waals surface area contributed by atoms with E-state index in [0.717, 1.165) is 11.8 Å². The highest BCUT2D eigenvalue weighted by Gasteiger charge is 2.58. The van der Waals surface area contributed by atoms with Crippen LogP contribution in [0.2, 0.25) is 23.2 Å². The molecule has 0 radical (unpaired) electrons. The van der Waals surface area contributed by atoms with E-state index < -0.39 is 8.07 Å². The molecule has 5 aliphatic carbocycles. The first-order valence-electron chi connectivity index (χ1n) is 12.8. The van der Waals surface area contributed by atoms with Crippen molar-refractivity contribution in [2.24, 2.45) is 23.7 Å². The Labute approximate surface area is 164 Å². The van der Waals surface area contributed by atoms with E-state index in [1.165, 1.54) is 28.5 Å². The summed E-state index contributed by atoms with van der Waals surface area (Å²) in [6, 6.07) is 0. The van der Waals surface area contributed by atoms with Crippen molar-refractivity contribution in [1.82, 2.24) is 0 Å². The van der Waals surface area contributed by atoms with Gasteiger partial charge in [-0.3, -0.25) is 0 Å². The van der Waals surface area contributed by atoms with Crippen molar-refractivity contribution >= 4 is 8.07 Å². The molecule has 5 aliphatic rings. The van der Waals surface area contributed by atoms with Gasteiger partial charge in [0.1, 0.15) is 0 Å². The van der Waals surface area contributed by atoms with Gasteiger partial charge in [-0.25, -0.2) is 0 Å². The van der Waals surface area contributed by atoms with Crippen molar-refractivity contribution in [3.8, 4) is 0 Å². The van der Waals surface area contributed by atoms with Gasteiger partial charge >= 0.3 is 0 Å². The van der Waals surface area contributed by atoms with E-state index in [-0.39, 0.29) is 0 Å². The molecule has 4 unspecified atom stereocenters. The van der Waals surface area contributed by atoms with Crippen molar-refractivity contribution in [2.75, 3.05) is 0 Å². The van der Waals surface area contributed by atoms with Crippen LogP contribution in [0.5, 0.6) is 0 Å². The molecular formula is C25H44Si. The highest BCUT2D eigenvalue weighted by molar-refractivity contribution is 6.83. The van der Waals surface area contributed by atoms with Gasteiger partial charge in [-0.05, 0) is 40.3 Å². The molecule has 5 rings (SSSR count). The van der Waals surface area contributed by atoms with Crippen LogP contribution in [-0.2, 0) is 0 Å². The third kappa shape index (κ3) is 2.98. The minimum Gasteiger partial charge on any atom is -0.0685 e. The molecule has 0 N–H and O–H groups in total. The van der Waals surface area contributed by atoms with E-state index in [4.69, 9.17) is 0 Å². The van der Waals surface area contributed by atoms with Crippen LogP contribution in [0.1, 0.15) is 109 Å². The highest BCUT2D eigenvalue weighted by atomic mass is 28.3. The summed E-state index contributed by atoms with van der Waals surface area (Å²) in [4.78, 5) is 0. The zero-order valence-corrected chi connectivity index (χ0v) is 18.6. The largest absolute Gasteiger partial charge is 0.0685 e. The van der Waals surface area contributed by atoms with E-state index in [2.05, 4.69) is 6.55 Å². The van der Waals surface area contributed by atoms with Crippen molar-refractivity contribution in [1.29, 1.82) is 0 Å². The lowest BCUT2D eigenvalue weighted by Gasteiger charge is -2.52. The molecule has 0 aromatic carbocycles. The van der Waals surface area contributed by atoms with Crippen LogP contribution in [0, 0.1) is 23.7 Å². The molecule has 0 aliphatic heterocycles. The fourth-order valence-electron chi connectivity index (χ4n) is 9.61. The summed E-state index contributed by atoms with van der Waals surface area (Å²) in [5, 5.41) is 0. The monoisotopic (exact) mass is 372 g/mol. The van der Waals surface area contributed by atoms with Gasteiger partial charge in [0.05, 0.1) is 8.07 Å². The molecule has 0 spiro atoms. The molecule has 0 amide bonds. The Morgan fingerprint density at radius 1 is 0.462 bits per heavy atom. The van der Waals surface area contributed by atoms with Gasteiger partial charge in [-0.1, -0.05) is 116 Å². The van der Waals surface area contributed by atoms with Crippen LogP contribution in [0.25, 0.3) is 0 Å². The molecule has 1 heteroatoms. The smallest absolute Gasteiger partial charge is 0.0603 e. The first-order chi connectivity index (χ1) is 12.8. The molecule has 148 valence electrons. The zero-order valence-electron chi connectivity index (χ0n) is 17.6. The SMILES string of the molecule is C[Si](C1CCCCC1)([C@H]1CCC2CCCCC21)[C@H]1CCC2CCCCC21. The zero-order chi connectivity index (χ0) is 17.6. The molecule has 0 nitrogen and oxygen atoms in total. The first kappa shape index (κ1) is 18.3. The Balaban J connectivity index is 1.47. The number of hydrogen-bond acceptors (Lipinski definition) is 0. The van der Waals surface area contributed by atoms with Gasteiger partial charge in [0.25, 0.3) is 0 Å². The molecule has 0 bridgehead atoms. The summed E-state index contributed by atoms with van der Waals surface area (Å²) in [6.45, 7) is 3.02. The van der Waals surface area contributed by atoms with Crippen LogP contribution in [0.4, 0.5) is 0 Å². The predicted octanol–water partition coefficient (Wildman–Crippen LogP) is 8.34. The quantitative estimate of drug-likeness (QED) is 0.437. The Morgan fingerprint density at radius 3 is 1.46 bits per heavy atom. The molecular weight excluding hydrogens is 328 g/mol. The maximum Gasteiger partial charge on any atom is 0.0603 e. The van der Waals surface area contributed by atoms with Crippen LogP contribution >= 0.6 is 0 Å². The standard InChI is InChI=1S/C25H44Si/c1-26(21-11-3-2-4-12-21,24-17-15-19-9-5-7-13-22(19)24)25-18-16-20-10-6-8-14-23(20)25/h19-25H,2-18H2,1H3/t19?,20?,22?,23?,24-,25-,26?/m0/s1. The van der Waals surface area contributed by atoms with Crippen LogP contribution < -0.4 is 0 Å². The fraction of sp³-hybridized carbons (Fsp3) is 1.00. The van der Waals surface area contributed by atoms with Crippen molar-refractivity contribution < 1.29 is 0 Å². The molecule has 6 atom stereocenters. The topological polar surface area (TPSA) is 0 Å². The predicted molar refractivity (Wildman–Crippen MR) is 115 cm³/mol. The van der Waals surface area contributed by atoms with E-state index in [0.29, 0.717) is 0 Å². The maximum absolute atomic E-state index is 3.02. The van der Waals surface area contributed by atoms with Gasteiger partial charge in [0, 0.05) is 0 Å². The molecule has 0 heterocycles. The second kappa shape index (κ2) is 7.56. The number of hydrogen-bond donors (Lipinski definition) is 0. The average Bonchev–Trinajstić information content (AvgIpc) is 3.33. The number of rotatable bonds is 3. The van der Waals surface area contributed by atoms with E-state index in [1.54, 1.807) is 109 Å². The van der Waals surface area contributed by atoms with Crippen LogP contribution in [-0.4, -0.2) is 8.07 Å². The summed E-state index contributed by atoms with van der Waals surface area (Å²) >= 11 is 0. The molecule has 5 saturated carbocycles. The van der Waals surface area contributed by atoms with Gasteiger partial charge < -0.3 is 0 Å². The van der Waals surface area contributed by atoms with Crippen molar-refractivity contribution in [2.45, 2.75) is 132 Å². The van der Waals surface area contributed by atoms with Crippen molar-refractivity contribution in [3.63, 3.8) is 0 Å². The van der Waals surface area contributed by atoms with Crippen molar-refractivity contribution in [3.05, 3.63) is 0 Å². The molecule has 0 aromatic rings. The van der Waals surface area contributed by atoms with Gasteiger partial charge in [-0.15, -0.1) is 0 Å². The first-order valence-corrected chi connectivity index (χ1v) is 15.5. The normalized spacial score (nSPS) is 46.5. The highest BCUT2D eigenvalue weighted by Crippen LogP contribution is 2.65. The second-order valence-electron chi connectivity index (χ2n) is 11.5. The van der Waals surface area contributed by atoms with E-state index in [1.807, 2.05) is 0 Å². The Morgan fingerprint density at radius 2 is 0.923 bits per heavy atom. The van der Waals surface area contributed by atoms with E-state index >= 15 is 0 Å². The summed E-state index contributed by atoms with van der Waals surface area (Å²) in [5.41, 5.74) is 3.69. The van der Waals surface area contributed by atoms with Gasteiger partial charge in [0.2, 0.25) is 0 Å². The molecule has 0 aromatic heterocycles. The number of fused-ring (bicyclic) bond motifs is 2. The van der Waals surface area contributed by atoms with Gasteiger partial charge in [0.15, 0.2) is 0 Å². The van der Waals surface area contributed by atoms with Crippen LogP contribution in [0.15, 0.2) is 0 Å². The average molecular weight is 373 g/mol. The molecule has 0 saturated heterocycles. The Hall–Kier alpha value is 0.217. The summed E-state index contributed by atoms with van der Waals surface area (Å²) in [6.07, 6.45) is 27.3. The summed E-state index contributed by atoms with van der Waals surface area (Å²) in [7, 11) is -1.20. The lowest BCUT2D eigenvalue weighted by Crippen LogP contribution is -2.50. The Bertz CT molecular complexity index is 447. The maximum atomic E-state index is 3.02. The van der Waals surface area contributed by atoms with Gasteiger partial charge in [-0.2, -0.15) is 0 Å².